The van der Waals surface area contributed by atoms with Gasteiger partial charge in [-0.05, 0) is 67.7 Å². The van der Waals surface area contributed by atoms with E-state index in [1.165, 1.54) is 12.1 Å². The first kappa shape index (κ1) is 15.8. The quantitative estimate of drug-likeness (QED) is 0.711. The Hall–Kier alpha value is -2.73. The van der Waals surface area contributed by atoms with Crippen LogP contribution in [0.15, 0.2) is 65.2 Å². The second kappa shape index (κ2) is 6.29. The van der Waals surface area contributed by atoms with Crippen LogP contribution in [0.3, 0.4) is 0 Å². The molecule has 0 bridgehead atoms. The molecule has 0 amide bonds. The van der Waals surface area contributed by atoms with Crippen molar-refractivity contribution < 1.29 is 8.81 Å². The van der Waals surface area contributed by atoms with Gasteiger partial charge in [0.1, 0.15) is 23.4 Å². The van der Waals surface area contributed by atoms with Gasteiger partial charge in [-0.25, -0.2) is 4.39 Å². The average molecular weight is 353 g/mol. The maximum absolute atomic E-state index is 13.3. The predicted octanol–water partition coefficient (Wildman–Crippen LogP) is 4.30. The second-order valence-electron chi connectivity index (χ2n) is 5.92. The van der Waals surface area contributed by atoms with Crippen LogP contribution in [0.25, 0.3) is 0 Å². The van der Waals surface area contributed by atoms with E-state index >= 15 is 0 Å². The highest BCUT2D eigenvalue weighted by Gasteiger charge is 2.42. The number of rotatable bonds is 3. The summed E-state index contributed by atoms with van der Waals surface area (Å²) in [4.78, 5) is 6.42. The summed E-state index contributed by atoms with van der Waals surface area (Å²) in [5.74, 6) is 1.32. The molecule has 3 aromatic rings. The van der Waals surface area contributed by atoms with Crippen LogP contribution >= 0.6 is 12.2 Å². The number of thiocarbonyl (C=S) groups is 1. The Bertz CT molecular complexity index is 895. The van der Waals surface area contributed by atoms with Gasteiger partial charge >= 0.3 is 0 Å². The van der Waals surface area contributed by atoms with Gasteiger partial charge in [-0.3, -0.25) is 4.98 Å². The summed E-state index contributed by atoms with van der Waals surface area (Å²) < 4.78 is 19.2. The standard InChI is InChI=1S/C19H16FN3OS/c1-12-5-10-16(24-12)18-17(15-4-2-3-11-21-15)22-19(25)23(18)14-8-6-13(20)7-9-14/h2-11,17-18H,1H3,(H,22,25)/t17-,18+/m0/s1. The summed E-state index contributed by atoms with van der Waals surface area (Å²) in [6, 6.07) is 15.6. The van der Waals surface area contributed by atoms with Gasteiger partial charge in [0.25, 0.3) is 0 Å². The molecule has 25 heavy (non-hydrogen) atoms. The first-order valence-corrected chi connectivity index (χ1v) is 8.37. The minimum absolute atomic E-state index is 0.163. The largest absolute Gasteiger partial charge is 0.464 e. The Balaban J connectivity index is 1.81. The lowest BCUT2D eigenvalue weighted by Gasteiger charge is -2.26. The summed E-state index contributed by atoms with van der Waals surface area (Å²) in [6.07, 6.45) is 1.76. The zero-order valence-electron chi connectivity index (χ0n) is 13.5. The van der Waals surface area contributed by atoms with Gasteiger partial charge in [0.15, 0.2) is 5.11 Å². The Kier molecular flexibility index (Phi) is 3.97. The van der Waals surface area contributed by atoms with Crippen LogP contribution in [0.2, 0.25) is 0 Å². The van der Waals surface area contributed by atoms with Crippen LogP contribution in [0, 0.1) is 12.7 Å². The van der Waals surface area contributed by atoms with Crippen LogP contribution in [0.1, 0.15) is 29.3 Å². The van der Waals surface area contributed by atoms with E-state index < -0.39 is 0 Å². The molecule has 6 heteroatoms. The summed E-state index contributed by atoms with van der Waals surface area (Å²) in [6.45, 7) is 1.90. The van der Waals surface area contributed by atoms with Crippen LogP contribution in [0.4, 0.5) is 10.1 Å². The summed E-state index contributed by atoms with van der Waals surface area (Å²) >= 11 is 5.57. The third-order valence-electron chi connectivity index (χ3n) is 4.26. The molecule has 0 saturated carbocycles. The number of benzene rings is 1. The lowest BCUT2D eigenvalue weighted by molar-refractivity contribution is 0.418. The normalized spacial score (nSPS) is 19.9. The van der Waals surface area contributed by atoms with E-state index in [0.29, 0.717) is 5.11 Å². The molecule has 1 N–H and O–H groups in total. The molecule has 2 aromatic heterocycles. The van der Waals surface area contributed by atoms with Crippen molar-refractivity contribution in [2.24, 2.45) is 0 Å². The Labute approximate surface area is 150 Å². The molecule has 1 fully saturated rings. The number of aromatic nitrogens is 1. The fraction of sp³-hybridized carbons (Fsp3) is 0.158. The topological polar surface area (TPSA) is 41.3 Å². The summed E-state index contributed by atoms with van der Waals surface area (Å²) in [5.41, 5.74) is 1.67. The predicted molar refractivity (Wildman–Crippen MR) is 97.8 cm³/mol. The summed E-state index contributed by atoms with van der Waals surface area (Å²) in [5, 5.41) is 3.89. The third-order valence-corrected chi connectivity index (χ3v) is 4.57. The highest BCUT2D eigenvalue weighted by atomic mass is 32.1. The fourth-order valence-corrected chi connectivity index (χ4v) is 3.48. The van der Waals surface area contributed by atoms with Crippen LogP contribution in [-0.2, 0) is 0 Å². The molecule has 3 heterocycles. The van der Waals surface area contributed by atoms with Crippen molar-refractivity contribution in [1.82, 2.24) is 10.3 Å². The molecule has 4 rings (SSSR count). The smallest absolute Gasteiger partial charge is 0.174 e. The van der Waals surface area contributed by atoms with Gasteiger partial charge in [0.2, 0.25) is 0 Å². The molecule has 0 spiro atoms. The number of aryl methyl sites for hydroxylation is 1. The SMILES string of the molecule is Cc1ccc([C@@H]2[C@H](c3ccccn3)NC(=S)N2c2ccc(F)cc2)o1. The average Bonchev–Trinajstić information content (AvgIpc) is 3.20. The van der Waals surface area contributed by atoms with Crippen molar-refractivity contribution in [3.8, 4) is 0 Å². The molecule has 1 aliphatic rings. The van der Waals surface area contributed by atoms with Gasteiger partial charge in [0, 0.05) is 11.9 Å². The number of nitrogens with one attached hydrogen (secondary N) is 1. The van der Waals surface area contributed by atoms with Crippen molar-refractivity contribution in [2.75, 3.05) is 4.90 Å². The molecular formula is C19H16FN3OS. The van der Waals surface area contributed by atoms with Crippen molar-refractivity contribution >= 4 is 23.0 Å². The lowest BCUT2D eigenvalue weighted by atomic mass is 10.0. The van der Waals surface area contributed by atoms with E-state index in [9.17, 15) is 4.39 Å². The molecule has 2 atom stereocenters. The number of halogens is 1. The highest BCUT2D eigenvalue weighted by Crippen LogP contribution is 2.41. The second-order valence-corrected chi connectivity index (χ2v) is 6.31. The fourth-order valence-electron chi connectivity index (χ4n) is 3.14. The summed E-state index contributed by atoms with van der Waals surface area (Å²) in [7, 11) is 0. The Morgan fingerprint density at radius 1 is 1.12 bits per heavy atom. The molecule has 1 aromatic carbocycles. The van der Waals surface area contributed by atoms with Crippen molar-refractivity contribution in [2.45, 2.75) is 19.0 Å². The molecule has 1 saturated heterocycles. The van der Waals surface area contributed by atoms with Crippen LogP contribution in [-0.4, -0.2) is 10.1 Å². The van der Waals surface area contributed by atoms with Gasteiger partial charge in [-0.15, -0.1) is 0 Å². The zero-order chi connectivity index (χ0) is 17.4. The Morgan fingerprint density at radius 2 is 1.92 bits per heavy atom. The molecule has 126 valence electrons. The van der Waals surface area contributed by atoms with E-state index in [1.54, 1.807) is 18.3 Å². The minimum Gasteiger partial charge on any atom is -0.464 e. The van der Waals surface area contributed by atoms with E-state index in [2.05, 4.69) is 10.3 Å². The highest BCUT2D eigenvalue weighted by molar-refractivity contribution is 7.80. The van der Waals surface area contributed by atoms with Crippen LogP contribution < -0.4 is 10.2 Å². The number of hydrogen-bond donors (Lipinski definition) is 1. The van der Waals surface area contributed by atoms with Gasteiger partial charge in [-0.1, -0.05) is 6.07 Å². The van der Waals surface area contributed by atoms with Crippen LogP contribution in [0.5, 0.6) is 0 Å². The van der Waals surface area contributed by atoms with Crippen molar-refractivity contribution in [3.05, 3.63) is 83.8 Å². The molecule has 1 aliphatic heterocycles. The van der Waals surface area contributed by atoms with E-state index in [-0.39, 0.29) is 17.9 Å². The molecule has 0 aliphatic carbocycles. The van der Waals surface area contributed by atoms with E-state index in [0.717, 1.165) is 22.9 Å². The first-order valence-electron chi connectivity index (χ1n) is 7.96. The minimum atomic E-state index is -0.284. The number of furan rings is 1. The molecule has 0 radical (unpaired) electrons. The Morgan fingerprint density at radius 3 is 2.56 bits per heavy atom. The number of pyridine rings is 1. The molecular weight excluding hydrogens is 337 g/mol. The monoisotopic (exact) mass is 353 g/mol. The number of hydrogen-bond acceptors (Lipinski definition) is 3. The number of nitrogens with zero attached hydrogens (tertiary/aromatic N) is 2. The molecule has 4 nitrogen and oxygen atoms in total. The third kappa shape index (κ3) is 2.89. The van der Waals surface area contributed by atoms with Crippen molar-refractivity contribution in [3.63, 3.8) is 0 Å². The lowest BCUT2D eigenvalue weighted by Crippen LogP contribution is -2.29. The van der Waals surface area contributed by atoms with Crippen molar-refractivity contribution in [1.29, 1.82) is 0 Å². The first-order chi connectivity index (χ1) is 12.1. The maximum atomic E-state index is 13.3. The van der Waals surface area contributed by atoms with Gasteiger partial charge in [0.05, 0.1) is 11.7 Å². The van der Waals surface area contributed by atoms with Gasteiger partial charge < -0.3 is 14.6 Å². The van der Waals surface area contributed by atoms with Gasteiger partial charge in [-0.2, -0.15) is 0 Å². The van der Waals surface area contributed by atoms with E-state index in [1.807, 2.05) is 42.2 Å². The maximum Gasteiger partial charge on any atom is 0.174 e. The molecule has 0 unspecified atom stereocenters. The number of anilines is 1. The zero-order valence-corrected chi connectivity index (χ0v) is 14.3. The van der Waals surface area contributed by atoms with E-state index in [4.69, 9.17) is 16.6 Å².